The smallest absolute Gasteiger partial charge is 0.170 e. The van der Waals surface area contributed by atoms with Crippen molar-refractivity contribution < 1.29 is 9.13 Å². The molecule has 0 aromatic carbocycles. The minimum atomic E-state index is 0.752. The van der Waals surface area contributed by atoms with Crippen molar-refractivity contribution in [3.63, 3.8) is 0 Å². The highest BCUT2D eigenvalue weighted by atomic mass is 15.2. The van der Waals surface area contributed by atoms with Crippen LogP contribution in [0.25, 0.3) is 0 Å². The van der Waals surface area contributed by atoms with Gasteiger partial charge in [-0.3, -0.25) is 0 Å². The Kier molecular flexibility index (Phi) is 1.88. The third-order valence-corrected chi connectivity index (χ3v) is 1.80. The van der Waals surface area contributed by atoms with Crippen LogP contribution in [0.15, 0.2) is 25.0 Å². The molecular weight excluding hydrogens is 164 g/mol. The third-order valence-electron chi connectivity index (χ3n) is 1.80. The van der Waals surface area contributed by atoms with Crippen molar-refractivity contribution in [1.82, 2.24) is 9.13 Å². The average molecular weight is 176 g/mol. The highest BCUT2D eigenvalue weighted by molar-refractivity contribution is 4.60. The van der Waals surface area contributed by atoms with Crippen molar-refractivity contribution in [2.24, 2.45) is 14.1 Å². The van der Waals surface area contributed by atoms with E-state index in [1.165, 1.54) is 0 Å². The summed E-state index contributed by atoms with van der Waals surface area (Å²) < 4.78 is 7.86. The van der Waals surface area contributed by atoms with Gasteiger partial charge in [-0.15, -0.1) is 0 Å². The largest absolute Gasteiger partial charge is 0.366 e. The van der Waals surface area contributed by atoms with E-state index in [4.69, 9.17) is 0 Å². The van der Waals surface area contributed by atoms with Crippen LogP contribution in [0.4, 0.5) is 0 Å². The van der Waals surface area contributed by atoms with Gasteiger partial charge in [0.2, 0.25) is 0 Å². The molecule has 0 amide bonds. The number of aryl methyl sites for hydroxylation is 2. The Morgan fingerprint density at radius 3 is 1.77 bits per heavy atom. The molecule has 0 unspecified atom stereocenters. The summed E-state index contributed by atoms with van der Waals surface area (Å²) in [5.74, 6) is 0. The molecule has 2 aromatic rings. The van der Waals surface area contributed by atoms with Crippen molar-refractivity contribution >= 4 is 0 Å². The molecule has 0 aliphatic rings. The second-order valence-electron chi connectivity index (χ2n) is 3.16. The maximum Gasteiger partial charge on any atom is 0.170 e. The summed E-state index contributed by atoms with van der Waals surface area (Å²) in [6.45, 7) is 0.752. The van der Waals surface area contributed by atoms with E-state index < -0.39 is 0 Å². The molecule has 0 bridgehead atoms. The Morgan fingerprint density at radius 1 is 1.00 bits per heavy atom. The molecular formula is C9H12N4. The molecule has 0 radical (unpaired) electrons. The summed E-state index contributed by atoms with van der Waals surface area (Å²) >= 11 is 0. The Balaban J connectivity index is 2.14. The third kappa shape index (κ3) is 1.77. The van der Waals surface area contributed by atoms with Gasteiger partial charge >= 0.3 is 0 Å². The van der Waals surface area contributed by atoms with Crippen LogP contribution in [0.2, 0.25) is 0 Å². The number of rotatable bonds is 2. The Bertz CT molecular complexity index is 361. The SMILES string of the molecule is Cn1c[c-][n+](C[n+]2[c-]cn(C)c2)c1. The van der Waals surface area contributed by atoms with Gasteiger partial charge in [0.25, 0.3) is 0 Å². The lowest BCUT2D eigenvalue weighted by Gasteiger charge is -2.03. The summed E-state index contributed by atoms with van der Waals surface area (Å²) in [5.41, 5.74) is 0. The van der Waals surface area contributed by atoms with Crippen LogP contribution in [0.1, 0.15) is 0 Å². The summed E-state index contributed by atoms with van der Waals surface area (Å²) in [6.07, 6.45) is 13.9. The molecule has 0 saturated carbocycles. The summed E-state index contributed by atoms with van der Waals surface area (Å²) in [5, 5.41) is 0. The van der Waals surface area contributed by atoms with Crippen LogP contribution >= 0.6 is 0 Å². The predicted octanol–water partition coefficient (Wildman–Crippen LogP) is -0.955. The molecule has 0 fully saturated rings. The van der Waals surface area contributed by atoms with Gasteiger partial charge < -0.3 is 18.3 Å². The fourth-order valence-electron chi connectivity index (χ4n) is 1.22. The van der Waals surface area contributed by atoms with E-state index in [2.05, 4.69) is 12.4 Å². The van der Waals surface area contributed by atoms with Crippen LogP contribution in [-0.2, 0) is 20.8 Å². The van der Waals surface area contributed by atoms with Gasteiger partial charge in [0.15, 0.2) is 6.67 Å². The molecule has 2 aromatic heterocycles. The Labute approximate surface area is 77.3 Å². The van der Waals surface area contributed by atoms with E-state index in [9.17, 15) is 0 Å². The van der Waals surface area contributed by atoms with Gasteiger partial charge in [-0.05, 0) is 12.4 Å². The average Bonchev–Trinajstić information content (AvgIpc) is 2.62. The summed E-state index contributed by atoms with van der Waals surface area (Å²) in [4.78, 5) is 0. The van der Waals surface area contributed by atoms with Gasteiger partial charge in [-0.2, -0.15) is 0 Å². The Hall–Kier alpha value is -1.58. The summed E-state index contributed by atoms with van der Waals surface area (Å²) in [6, 6.07) is 0. The topological polar surface area (TPSA) is 17.6 Å². The van der Waals surface area contributed by atoms with Crippen LogP contribution in [-0.4, -0.2) is 9.13 Å². The molecule has 13 heavy (non-hydrogen) atoms. The first-order valence-corrected chi connectivity index (χ1v) is 4.10. The number of imidazole rings is 2. The monoisotopic (exact) mass is 176 g/mol. The van der Waals surface area contributed by atoms with Crippen molar-refractivity contribution in [2.45, 2.75) is 6.67 Å². The van der Waals surface area contributed by atoms with E-state index in [0.717, 1.165) is 6.67 Å². The van der Waals surface area contributed by atoms with Gasteiger partial charge in [0.1, 0.15) is 0 Å². The molecule has 0 aliphatic heterocycles. The van der Waals surface area contributed by atoms with Crippen LogP contribution in [0.5, 0.6) is 0 Å². The van der Waals surface area contributed by atoms with Gasteiger partial charge in [0, 0.05) is 12.4 Å². The minimum Gasteiger partial charge on any atom is -0.366 e. The van der Waals surface area contributed by atoms with Gasteiger partial charge in [-0.1, -0.05) is 0 Å². The zero-order chi connectivity index (χ0) is 9.26. The van der Waals surface area contributed by atoms with E-state index >= 15 is 0 Å². The lowest BCUT2D eigenvalue weighted by molar-refractivity contribution is -0.916. The van der Waals surface area contributed by atoms with Crippen LogP contribution in [0, 0.1) is 12.4 Å². The number of hydrogen-bond donors (Lipinski definition) is 0. The zero-order valence-electron chi connectivity index (χ0n) is 7.81. The highest BCUT2D eigenvalue weighted by Crippen LogP contribution is 1.76. The second-order valence-corrected chi connectivity index (χ2v) is 3.16. The molecule has 0 atom stereocenters. The van der Waals surface area contributed by atoms with Crippen molar-refractivity contribution in [1.29, 1.82) is 0 Å². The van der Waals surface area contributed by atoms with Crippen molar-refractivity contribution in [3.05, 3.63) is 37.4 Å². The van der Waals surface area contributed by atoms with Gasteiger partial charge in [0.05, 0.1) is 26.7 Å². The number of nitrogens with zero attached hydrogens (tertiary/aromatic N) is 4. The molecule has 2 heterocycles. The maximum atomic E-state index is 3.09. The number of aromatic nitrogens is 4. The first-order valence-electron chi connectivity index (χ1n) is 4.10. The lowest BCUT2D eigenvalue weighted by atomic mass is 10.8. The zero-order valence-corrected chi connectivity index (χ0v) is 7.81. The number of hydrogen-bond acceptors (Lipinski definition) is 0. The van der Waals surface area contributed by atoms with Gasteiger partial charge in [-0.25, -0.2) is 0 Å². The fraction of sp³-hybridized carbons (Fsp3) is 0.333. The molecule has 0 N–H and O–H groups in total. The lowest BCUT2D eigenvalue weighted by Crippen LogP contribution is -2.50. The molecule has 0 aliphatic carbocycles. The first kappa shape index (κ1) is 8.04. The molecule has 0 saturated heterocycles. The minimum absolute atomic E-state index is 0.752. The fourth-order valence-corrected chi connectivity index (χ4v) is 1.22. The first-order chi connectivity index (χ1) is 6.24. The van der Waals surface area contributed by atoms with E-state index in [1.54, 1.807) is 0 Å². The van der Waals surface area contributed by atoms with Crippen molar-refractivity contribution in [3.8, 4) is 0 Å². The Morgan fingerprint density at radius 2 is 1.46 bits per heavy atom. The maximum absolute atomic E-state index is 3.09. The molecule has 68 valence electrons. The van der Waals surface area contributed by atoms with E-state index in [0.29, 0.717) is 0 Å². The van der Waals surface area contributed by atoms with E-state index in [1.807, 2.05) is 57.4 Å². The summed E-state index contributed by atoms with van der Waals surface area (Å²) in [7, 11) is 3.96. The van der Waals surface area contributed by atoms with E-state index in [-0.39, 0.29) is 0 Å². The molecule has 4 nitrogen and oxygen atoms in total. The van der Waals surface area contributed by atoms with Crippen molar-refractivity contribution in [2.75, 3.05) is 0 Å². The molecule has 2 rings (SSSR count). The quantitative estimate of drug-likeness (QED) is 0.414. The normalized spacial score (nSPS) is 10.6. The highest BCUT2D eigenvalue weighted by Gasteiger charge is 1.92. The van der Waals surface area contributed by atoms with Crippen LogP contribution in [0.3, 0.4) is 0 Å². The molecule has 0 spiro atoms. The molecule has 4 heteroatoms. The second kappa shape index (κ2) is 3.05. The predicted molar refractivity (Wildman–Crippen MR) is 44.3 cm³/mol. The van der Waals surface area contributed by atoms with Crippen LogP contribution < -0.4 is 9.13 Å². The standard InChI is InChI=1S/C9H12N4/c1-10-3-5-12(7-10)9-13-6-4-11(2)8-13/h3-4,7-8H,9H2,1-2H3.